The minimum Gasteiger partial charge on any atom is -0.384 e. The molecule has 0 radical (unpaired) electrons. The van der Waals surface area contributed by atoms with Crippen LogP contribution < -0.4 is 5.73 Å². The number of aromatic nitrogens is 1. The van der Waals surface area contributed by atoms with E-state index < -0.39 is 9.84 Å². The third-order valence-corrected chi connectivity index (χ3v) is 4.55. The summed E-state index contributed by atoms with van der Waals surface area (Å²) >= 11 is 1.57. The number of hydrogen-bond acceptors (Lipinski definition) is 5. The Labute approximate surface area is 129 Å². The minimum atomic E-state index is -3.18. The van der Waals surface area contributed by atoms with Gasteiger partial charge in [-0.2, -0.15) is 0 Å². The number of benzene rings is 1. The molecule has 0 aliphatic rings. The Hall–Kier alpha value is -1.24. The molecule has 0 atom stereocenters. The number of nitrogen functional groups attached to an aromatic ring is 1. The highest BCUT2D eigenvalue weighted by Gasteiger charge is 2.10. The van der Waals surface area contributed by atoms with Crippen molar-refractivity contribution in [2.45, 2.75) is 9.79 Å². The maximum atomic E-state index is 11.4. The van der Waals surface area contributed by atoms with E-state index in [1.54, 1.807) is 42.1 Å². The fourth-order valence-electron chi connectivity index (χ4n) is 1.69. The first kappa shape index (κ1) is 16.8. The van der Waals surface area contributed by atoms with Gasteiger partial charge in [-0.05, 0) is 30.5 Å². The standard InChI is InChI=1S/C13H14N2O2S2.ClH/c1-18-11-7-8-12(14)15-13(11)9-3-5-10(6-4-9)19(2,16)17;/h3-8H,1-2H3,(H2,14,15);1H. The van der Waals surface area contributed by atoms with Crippen molar-refractivity contribution in [3.63, 3.8) is 0 Å². The molecule has 0 fully saturated rings. The number of pyridine rings is 1. The predicted octanol–water partition coefficient (Wildman–Crippen LogP) is 2.88. The van der Waals surface area contributed by atoms with Crippen LogP contribution >= 0.6 is 24.2 Å². The fraction of sp³-hybridized carbons (Fsp3) is 0.154. The second-order valence-corrected chi connectivity index (χ2v) is 6.95. The molecule has 20 heavy (non-hydrogen) atoms. The summed E-state index contributed by atoms with van der Waals surface area (Å²) in [6.45, 7) is 0. The summed E-state index contributed by atoms with van der Waals surface area (Å²) in [4.78, 5) is 5.61. The molecule has 108 valence electrons. The van der Waals surface area contributed by atoms with Crippen LogP contribution in [0.2, 0.25) is 0 Å². The van der Waals surface area contributed by atoms with Gasteiger partial charge in [0.2, 0.25) is 0 Å². The third kappa shape index (κ3) is 3.65. The third-order valence-electron chi connectivity index (χ3n) is 2.66. The second-order valence-electron chi connectivity index (χ2n) is 4.08. The topological polar surface area (TPSA) is 73.0 Å². The Balaban J connectivity index is 0.00000200. The molecule has 0 saturated heterocycles. The molecule has 1 aromatic carbocycles. The predicted molar refractivity (Wildman–Crippen MR) is 86.2 cm³/mol. The number of thioether (sulfide) groups is 1. The fourth-order valence-corrected chi connectivity index (χ4v) is 2.88. The first-order valence-corrected chi connectivity index (χ1v) is 8.64. The molecule has 0 bridgehead atoms. The molecular formula is C13H15ClN2O2S2. The zero-order valence-corrected chi connectivity index (χ0v) is 13.5. The van der Waals surface area contributed by atoms with Gasteiger partial charge in [-0.1, -0.05) is 12.1 Å². The van der Waals surface area contributed by atoms with Gasteiger partial charge in [0.25, 0.3) is 0 Å². The van der Waals surface area contributed by atoms with E-state index in [2.05, 4.69) is 4.98 Å². The highest BCUT2D eigenvalue weighted by atomic mass is 35.5. The lowest BCUT2D eigenvalue weighted by atomic mass is 10.1. The van der Waals surface area contributed by atoms with Gasteiger partial charge in [0, 0.05) is 16.7 Å². The number of nitrogens with zero attached hydrogens (tertiary/aromatic N) is 1. The van der Waals surface area contributed by atoms with Crippen LogP contribution in [0.15, 0.2) is 46.2 Å². The van der Waals surface area contributed by atoms with Crippen molar-refractivity contribution in [1.82, 2.24) is 4.98 Å². The highest BCUT2D eigenvalue weighted by Crippen LogP contribution is 2.29. The smallest absolute Gasteiger partial charge is 0.175 e. The molecule has 0 saturated carbocycles. The summed E-state index contributed by atoms with van der Waals surface area (Å²) in [5.74, 6) is 0.444. The summed E-state index contributed by atoms with van der Waals surface area (Å²) in [5, 5.41) is 0. The minimum absolute atomic E-state index is 0. The van der Waals surface area contributed by atoms with Crippen molar-refractivity contribution >= 4 is 39.8 Å². The zero-order valence-electron chi connectivity index (χ0n) is 11.0. The van der Waals surface area contributed by atoms with E-state index in [1.807, 2.05) is 12.3 Å². The number of sulfone groups is 1. The normalized spacial score (nSPS) is 10.9. The van der Waals surface area contributed by atoms with Crippen molar-refractivity contribution in [1.29, 1.82) is 0 Å². The number of anilines is 1. The Morgan fingerprint density at radius 2 is 1.70 bits per heavy atom. The number of nitrogens with two attached hydrogens (primary N) is 1. The van der Waals surface area contributed by atoms with E-state index in [4.69, 9.17) is 5.73 Å². The van der Waals surface area contributed by atoms with Crippen LogP contribution in [0.4, 0.5) is 5.82 Å². The lowest BCUT2D eigenvalue weighted by molar-refractivity contribution is 0.602. The van der Waals surface area contributed by atoms with E-state index in [0.717, 1.165) is 16.2 Å². The average molecular weight is 331 g/mol. The van der Waals surface area contributed by atoms with Gasteiger partial charge in [-0.25, -0.2) is 13.4 Å². The van der Waals surface area contributed by atoms with Gasteiger partial charge >= 0.3 is 0 Å². The SMILES string of the molecule is CSc1ccc(N)nc1-c1ccc(S(C)(=O)=O)cc1.Cl. The van der Waals surface area contributed by atoms with Crippen molar-refractivity contribution < 1.29 is 8.42 Å². The van der Waals surface area contributed by atoms with Crippen molar-refractivity contribution in [3.8, 4) is 11.3 Å². The molecule has 0 aliphatic carbocycles. The Bertz CT molecular complexity index is 701. The van der Waals surface area contributed by atoms with Gasteiger partial charge in [-0.3, -0.25) is 0 Å². The number of rotatable bonds is 3. The lowest BCUT2D eigenvalue weighted by Gasteiger charge is -2.08. The van der Waals surface area contributed by atoms with Crippen LogP contribution in [0.5, 0.6) is 0 Å². The summed E-state index contributed by atoms with van der Waals surface area (Å²) in [6.07, 6.45) is 3.15. The zero-order chi connectivity index (χ0) is 14.0. The molecule has 0 unspecified atom stereocenters. The molecule has 1 aromatic heterocycles. The molecule has 2 rings (SSSR count). The van der Waals surface area contributed by atoms with Gasteiger partial charge < -0.3 is 5.73 Å². The van der Waals surface area contributed by atoms with Crippen LogP contribution in [-0.4, -0.2) is 25.9 Å². The van der Waals surface area contributed by atoms with E-state index >= 15 is 0 Å². The van der Waals surface area contributed by atoms with Crippen LogP contribution in [-0.2, 0) is 9.84 Å². The molecule has 0 spiro atoms. The van der Waals surface area contributed by atoms with Gasteiger partial charge in [0.05, 0.1) is 10.6 Å². The Morgan fingerprint density at radius 3 is 2.20 bits per heavy atom. The molecule has 7 heteroatoms. The number of halogens is 1. The highest BCUT2D eigenvalue weighted by molar-refractivity contribution is 7.98. The average Bonchev–Trinajstić information content (AvgIpc) is 2.38. The summed E-state index contributed by atoms with van der Waals surface area (Å²) in [6, 6.07) is 10.3. The van der Waals surface area contributed by atoms with E-state index in [1.165, 1.54) is 6.26 Å². The van der Waals surface area contributed by atoms with Crippen molar-refractivity contribution in [3.05, 3.63) is 36.4 Å². The summed E-state index contributed by atoms with van der Waals surface area (Å²) in [5.41, 5.74) is 7.32. The van der Waals surface area contributed by atoms with Crippen LogP contribution in [0.3, 0.4) is 0 Å². The molecule has 0 amide bonds. The maximum Gasteiger partial charge on any atom is 0.175 e. The monoisotopic (exact) mass is 330 g/mol. The van der Waals surface area contributed by atoms with Crippen molar-refractivity contribution in [2.24, 2.45) is 0 Å². The molecule has 2 N–H and O–H groups in total. The van der Waals surface area contributed by atoms with Crippen LogP contribution in [0, 0.1) is 0 Å². The molecule has 1 heterocycles. The van der Waals surface area contributed by atoms with Gasteiger partial charge in [0.15, 0.2) is 9.84 Å². The summed E-state index contributed by atoms with van der Waals surface area (Å²) < 4.78 is 22.8. The first-order valence-electron chi connectivity index (χ1n) is 5.53. The quantitative estimate of drug-likeness (QED) is 0.876. The Morgan fingerprint density at radius 1 is 1.10 bits per heavy atom. The van der Waals surface area contributed by atoms with Crippen LogP contribution in [0.25, 0.3) is 11.3 Å². The van der Waals surface area contributed by atoms with E-state index in [-0.39, 0.29) is 12.4 Å². The van der Waals surface area contributed by atoms with E-state index in [9.17, 15) is 8.42 Å². The molecular weight excluding hydrogens is 316 g/mol. The maximum absolute atomic E-state index is 11.4. The van der Waals surface area contributed by atoms with Crippen molar-refractivity contribution in [2.75, 3.05) is 18.2 Å². The summed E-state index contributed by atoms with van der Waals surface area (Å²) in [7, 11) is -3.18. The second kappa shape index (κ2) is 6.47. The molecule has 0 aliphatic heterocycles. The largest absolute Gasteiger partial charge is 0.384 e. The van der Waals surface area contributed by atoms with Crippen LogP contribution in [0.1, 0.15) is 0 Å². The Kier molecular flexibility index (Phi) is 5.44. The van der Waals surface area contributed by atoms with Gasteiger partial charge in [-0.15, -0.1) is 24.2 Å². The van der Waals surface area contributed by atoms with Gasteiger partial charge in [0.1, 0.15) is 5.82 Å². The van der Waals surface area contributed by atoms with E-state index in [0.29, 0.717) is 10.7 Å². The molecule has 2 aromatic rings. The molecule has 4 nitrogen and oxygen atoms in total. The first-order chi connectivity index (χ1) is 8.91. The number of hydrogen-bond donors (Lipinski definition) is 1. The lowest BCUT2D eigenvalue weighted by Crippen LogP contribution is -1.97.